The summed E-state index contributed by atoms with van der Waals surface area (Å²) in [6.45, 7) is 4.85. The van der Waals surface area contributed by atoms with Crippen LogP contribution in [-0.2, 0) is 16.1 Å². The molecule has 5 nitrogen and oxygen atoms in total. The second-order valence-corrected chi connectivity index (χ2v) is 5.98. The molecule has 0 bridgehead atoms. The summed E-state index contributed by atoms with van der Waals surface area (Å²) in [7, 11) is 1.61. The number of methoxy groups -OCH3 is 1. The molecule has 0 atom stereocenters. The lowest BCUT2D eigenvalue weighted by Gasteiger charge is -2.25. The van der Waals surface area contributed by atoms with Crippen LogP contribution in [0, 0.1) is 0 Å². The van der Waals surface area contributed by atoms with Crippen LogP contribution in [0.1, 0.15) is 25.8 Å². The molecule has 0 fully saturated rings. The van der Waals surface area contributed by atoms with Gasteiger partial charge in [-0.25, -0.2) is 0 Å². The summed E-state index contributed by atoms with van der Waals surface area (Å²) in [5, 5.41) is 0. The van der Waals surface area contributed by atoms with Crippen molar-refractivity contribution in [3.63, 3.8) is 0 Å². The van der Waals surface area contributed by atoms with Gasteiger partial charge in [0.15, 0.2) is 0 Å². The summed E-state index contributed by atoms with van der Waals surface area (Å²) in [6, 6.07) is 17.2. The Morgan fingerprint density at radius 3 is 2.27 bits per heavy atom. The topological polar surface area (TPSA) is 49.9 Å². The fourth-order valence-corrected chi connectivity index (χ4v) is 2.86. The van der Waals surface area contributed by atoms with E-state index in [0.717, 1.165) is 17.0 Å². The van der Waals surface area contributed by atoms with Crippen LogP contribution >= 0.6 is 0 Å². The van der Waals surface area contributed by atoms with Crippen molar-refractivity contribution < 1.29 is 14.3 Å². The molecule has 0 heterocycles. The van der Waals surface area contributed by atoms with Crippen molar-refractivity contribution in [3.05, 3.63) is 60.2 Å². The first kappa shape index (κ1) is 19.5. The predicted octanol–water partition coefficient (Wildman–Crippen LogP) is 3.49. The highest BCUT2D eigenvalue weighted by molar-refractivity contribution is 5.93. The molecular weight excluding hydrogens is 328 g/mol. The lowest BCUT2D eigenvalue weighted by Crippen LogP contribution is -2.36. The van der Waals surface area contributed by atoms with E-state index < -0.39 is 0 Å². The number of hydrogen-bond donors (Lipinski definition) is 0. The van der Waals surface area contributed by atoms with Gasteiger partial charge in [0.2, 0.25) is 11.8 Å². The van der Waals surface area contributed by atoms with E-state index in [9.17, 15) is 9.59 Å². The summed E-state index contributed by atoms with van der Waals surface area (Å²) < 4.78 is 5.35. The molecule has 2 aromatic rings. The van der Waals surface area contributed by atoms with Gasteiger partial charge in [-0.05, 0) is 25.1 Å². The fraction of sp³-hybridized carbons (Fsp3) is 0.333. The van der Waals surface area contributed by atoms with Crippen LogP contribution in [0.5, 0.6) is 5.75 Å². The summed E-state index contributed by atoms with van der Waals surface area (Å²) in [6.07, 6.45) is 0.275. The third-order valence-corrected chi connectivity index (χ3v) is 4.28. The molecule has 0 saturated heterocycles. The average Bonchev–Trinajstić information content (AvgIpc) is 2.66. The van der Waals surface area contributed by atoms with Crippen LogP contribution in [0.15, 0.2) is 54.6 Å². The molecule has 0 aromatic heterocycles. The zero-order valence-electron chi connectivity index (χ0n) is 15.6. The molecule has 5 heteroatoms. The summed E-state index contributed by atoms with van der Waals surface area (Å²) in [5.74, 6) is 0.681. The Bertz CT molecular complexity index is 731. The molecule has 2 rings (SSSR count). The number of carbonyl (C=O) groups excluding carboxylic acids is 2. The van der Waals surface area contributed by atoms with Gasteiger partial charge < -0.3 is 14.5 Å². The highest BCUT2D eigenvalue weighted by atomic mass is 16.5. The van der Waals surface area contributed by atoms with Gasteiger partial charge in [0, 0.05) is 44.2 Å². The monoisotopic (exact) mass is 354 g/mol. The zero-order chi connectivity index (χ0) is 18.9. The van der Waals surface area contributed by atoms with Crippen LogP contribution < -0.4 is 9.64 Å². The zero-order valence-corrected chi connectivity index (χ0v) is 15.6. The van der Waals surface area contributed by atoms with Crippen molar-refractivity contribution in [1.29, 1.82) is 0 Å². The minimum Gasteiger partial charge on any atom is -0.496 e. The van der Waals surface area contributed by atoms with Crippen molar-refractivity contribution in [2.75, 3.05) is 25.1 Å². The molecular formula is C21H26N2O3. The van der Waals surface area contributed by atoms with Crippen molar-refractivity contribution in [3.8, 4) is 5.75 Å². The van der Waals surface area contributed by atoms with E-state index in [1.54, 1.807) is 16.9 Å². The summed E-state index contributed by atoms with van der Waals surface area (Å²) >= 11 is 0. The normalized spacial score (nSPS) is 10.3. The van der Waals surface area contributed by atoms with Crippen LogP contribution in [0.25, 0.3) is 0 Å². The van der Waals surface area contributed by atoms with Crippen LogP contribution in [0.3, 0.4) is 0 Å². The van der Waals surface area contributed by atoms with Gasteiger partial charge >= 0.3 is 0 Å². The molecule has 2 amide bonds. The number of rotatable bonds is 8. The maximum absolute atomic E-state index is 12.6. The van der Waals surface area contributed by atoms with Gasteiger partial charge in [-0.1, -0.05) is 36.4 Å². The van der Waals surface area contributed by atoms with E-state index in [-0.39, 0.29) is 18.2 Å². The van der Waals surface area contributed by atoms with E-state index >= 15 is 0 Å². The Hall–Kier alpha value is -2.82. The van der Waals surface area contributed by atoms with Crippen LogP contribution in [0.2, 0.25) is 0 Å². The molecule has 0 unspecified atom stereocenters. The summed E-state index contributed by atoms with van der Waals surface area (Å²) in [4.78, 5) is 28.1. The second-order valence-electron chi connectivity index (χ2n) is 5.98. The molecule has 26 heavy (non-hydrogen) atoms. The van der Waals surface area contributed by atoms with Crippen molar-refractivity contribution in [2.45, 2.75) is 26.8 Å². The Balaban J connectivity index is 2.04. The van der Waals surface area contributed by atoms with Gasteiger partial charge in [-0.15, -0.1) is 0 Å². The number of carbonyl (C=O) groups is 2. The van der Waals surface area contributed by atoms with Crippen LogP contribution in [0.4, 0.5) is 5.69 Å². The largest absolute Gasteiger partial charge is 0.496 e. The predicted molar refractivity (Wildman–Crippen MR) is 103 cm³/mol. The van der Waals surface area contributed by atoms with E-state index in [2.05, 4.69) is 0 Å². The molecule has 0 radical (unpaired) electrons. The van der Waals surface area contributed by atoms with Crippen molar-refractivity contribution in [1.82, 2.24) is 4.90 Å². The molecule has 2 aromatic carbocycles. The number of nitrogens with zero attached hydrogens (tertiary/aromatic N) is 2. The quantitative estimate of drug-likeness (QED) is 0.729. The Labute approximate surface area is 155 Å². The molecule has 0 aliphatic heterocycles. The van der Waals surface area contributed by atoms with E-state index in [1.165, 1.54) is 6.92 Å². The molecule has 0 aliphatic carbocycles. The Kier molecular flexibility index (Phi) is 7.21. The smallest absolute Gasteiger partial charge is 0.228 e. The highest BCUT2D eigenvalue weighted by Crippen LogP contribution is 2.20. The maximum Gasteiger partial charge on any atom is 0.228 e. The molecule has 0 N–H and O–H groups in total. The number of para-hydroxylation sites is 2. The van der Waals surface area contributed by atoms with E-state index in [0.29, 0.717) is 19.6 Å². The van der Waals surface area contributed by atoms with Gasteiger partial charge in [-0.3, -0.25) is 9.59 Å². The second kappa shape index (κ2) is 9.61. The first-order chi connectivity index (χ1) is 12.6. The number of anilines is 1. The molecule has 138 valence electrons. The summed E-state index contributed by atoms with van der Waals surface area (Å²) in [5.41, 5.74) is 1.80. The number of ether oxygens (including phenoxy) is 1. The Morgan fingerprint density at radius 2 is 1.65 bits per heavy atom. The first-order valence-electron chi connectivity index (χ1n) is 8.79. The molecule has 0 spiro atoms. The standard InChI is InChI=1S/C21H26N2O3/c1-4-23(19-11-6-5-7-12-19)21(25)14-15-22(17(2)24)16-18-10-8-9-13-20(18)26-3/h5-13H,4,14-16H2,1-3H3. The average molecular weight is 354 g/mol. The SMILES string of the molecule is CCN(C(=O)CCN(Cc1ccccc1OC)C(C)=O)c1ccccc1. The van der Waals surface area contributed by atoms with Crippen molar-refractivity contribution in [2.24, 2.45) is 0 Å². The van der Waals surface area contributed by atoms with E-state index in [4.69, 9.17) is 4.74 Å². The highest BCUT2D eigenvalue weighted by Gasteiger charge is 2.17. The van der Waals surface area contributed by atoms with Crippen LogP contribution in [-0.4, -0.2) is 36.9 Å². The number of benzene rings is 2. The van der Waals surface area contributed by atoms with Gasteiger partial charge in [-0.2, -0.15) is 0 Å². The minimum absolute atomic E-state index is 0.00461. The third-order valence-electron chi connectivity index (χ3n) is 4.28. The minimum atomic E-state index is -0.0635. The van der Waals surface area contributed by atoms with Gasteiger partial charge in [0.1, 0.15) is 5.75 Å². The van der Waals surface area contributed by atoms with Gasteiger partial charge in [0.05, 0.1) is 7.11 Å². The lowest BCUT2D eigenvalue weighted by molar-refractivity contribution is -0.130. The molecule has 0 aliphatic rings. The maximum atomic E-state index is 12.6. The Morgan fingerprint density at radius 1 is 1.00 bits per heavy atom. The number of hydrogen-bond acceptors (Lipinski definition) is 3. The van der Waals surface area contributed by atoms with Gasteiger partial charge in [0.25, 0.3) is 0 Å². The first-order valence-corrected chi connectivity index (χ1v) is 8.79. The lowest BCUT2D eigenvalue weighted by atomic mass is 10.1. The molecule has 0 saturated carbocycles. The fourth-order valence-electron chi connectivity index (χ4n) is 2.86. The van der Waals surface area contributed by atoms with Crippen molar-refractivity contribution >= 4 is 17.5 Å². The number of amides is 2. The van der Waals surface area contributed by atoms with E-state index in [1.807, 2.05) is 61.5 Å². The third kappa shape index (κ3) is 5.09.